The highest BCUT2D eigenvalue weighted by molar-refractivity contribution is 5.94. The Morgan fingerprint density at radius 2 is 2.04 bits per heavy atom. The second kappa shape index (κ2) is 5.76. The molecule has 6 heteroatoms. The van der Waals surface area contributed by atoms with E-state index in [9.17, 15) is 9.18 Å². The first-order chi connectivity index (χ1) is 10.9. The molecule has 2 aromatic rings. The lowest BCUT2D eigenvalue weighted by atomic mass is 10.1. The third-order valence-electron chi connectivity index (χ3n) is 4.14. The van der Waals surface area contributed by atoms with Crippen LogP contribution in [-0.4, -0.2) is 32.1 Å². The molecule has 1 amide bonds. The van der Waals surface area contributed by atoms with E-state index < -0.39 is 0 Å². The number of fused-ring (bicyclic) bond motifs is 1. The van der Waals surface area contributed by atoms with E-state index in [1.165, 1.54) is 12.1 Å². The molecule has 0 spiro atoms. The molecule has 1 aliphatic heterocycles. The fourth-order valence-electron chi connectivity index (χ4n) is 3.15. The highest BCUT2D eigenvalue weighted by Gasteiger charge is 2.30. The van der Waals surface area contributed by atoms with Crippen molar-refractivity contribution in [1.29, 1.82) is 0 Å². The van der Waals surface area contributed by atoms with Crippen molar-refractivity contribution in [2.75, 3.05) is 6.54 Å². The van der Waals surface area contributed by atoms with Gasteiger partial charge in [0.05, 0.1) is 12.6 Å². The molecule has 122 valence electrons. The van der Waals surface area contributed by atoms with E-state index in [0.717, 1.165) is 17.2 Å². The summed E-state index contributed by atoms with van der Waals surface area (Å²) >= 11 is 0. The van der Waals surface area contributed by atoms with Crippen LogP contribution in [-0.2, 0) is 6.54 Å². The quantitative estimate of drug-likeness (QED) is 0.855. The first kappa shape index (κ1) is 15.6. The molecule has 0 bridgehead atoms. The SMILES string of the molecule is Cc1cc(F)cc(C(=O)N2Cc3nnc(C(C)C)n3[C@@H](C)C2)c1. The summed E-state index contributed by atoms with van der Waals surface area (Å²) in [5, 5.41) is 8.49. The Balaban J connectivity index is 1.89. The maximum Gasteiger partial charge on any atom is 0.254 e. The monoisotopic (exact) mass is 316 g/mol. The summed E-state index contributed by atoms with van der Waals surface area (Å²) < 4.78 is 15.7. The van der Waals surface area contributed by atoms with E-state index in [1.54, 1.807) is 17.9 Å². The summed E-state index contributed by atoms with van der Waals surface area (Å²) in [6, 6.07) is 4.53. The third-order valence-corrected chi connectivity index (χ3v) is 4.14. The first-order valence-corrected chi connectivity index (χ1v) is 7.87. The maximum atomic E-state index is 13.6. The molecule has 0 radical (unpaired) electrons. The molecule has 0 fully saturated rings. The van der Waals surface area contributed by atoms with Crippen molar-refractivity contribution in [1.82, 2.24) is 19.7 Å². The van der Waals surface area contributed by atoms with Crippen LogP contribution < -0.4 is 0 Å². The molecule has 5 nitrogen and oxygen atoms in total. The van der Waals surface area contributed by atoms with Gasteiger partial charge in [0, 0.05) is 18.0 Å². The Bertz CT molecular complexity index is 733. The normalized spacial score (nSPS) is 17.5. The number of hydrogen-bond donors (Lipinski definition) is 0. The van der Waals surface area contributed by atoms with Gasteiger partial charge < -0.3 is 9.47 Å². The average Bonchev–Trinajstić information content (AvgIpc) is 2.90. The Morgan fingerprint density at radius 3 is 2.70 bits per heavy atom. The van der Waals surface area contributed by atoms with Crippen LogP contribution in [0.1, 0.15) is 60.3 Å². The van der Waals surface area contributed by atoms with Gasteiger partial charge in [-0.25, -0.2) is 4.39 Å². The van der Waals surface area contributed by atoms with Crippen LogP contribution in [0.25, 0.3) is 0 Å². The molecule has 1 atom stereocenters. The summed E-state index contributed by atoms with van der Waals surface area (Å²) in [7, 11) is 0. The van der Waals surface area contributed by atoms with E-state index in [4.69, 9.17) is 0 Å². The molecule has 0 unspecified atom stereocenters. The van der Waals surface area contributed by atoms with Crippen molar-refractivity contribution in [2.45, 2.75) is 46.2 Å². The van der Waals surface area contributed by atoms with Crippen molar-refractivity contribution in [3.8, 4) is 0 Å². The molecular formula is C17H21FN4O. The van der Waals surface area contributed by atoms with Gasteiger partial charge in [-0.1, -0.05) is 13.8 Å². The Kier molecular flexibility index (Phi) is 3.92. The molecular weight excluding hydrogens is 295 g/mol. The molecule has 1 aromatic heterocycles. The highest BCUT2D eigenvalue weighted by atomic mass is 19.1. The van der Waals surface area contributed by atoms with Gasteiger partial charge in [-0.2, -0.15) is 0 Å². The summed E-state index contributed by atoms with van der Waals surface area (Å²) in [4.78, 5) is 14.4. The van der Waals surface area contributed by atoms with Crippen molar-refractivity contribution in [3.63, 3.8) is 0 Å². The molecule has 1 aromatic carbocycles. The number of nitrogens with zero attached hydrogens (tertiary/aromatic N) is 4. The van der Waals surface area contributed by atoms with Crippen molar-refractivity contribution in [2.24, 2.45) is 0 Å². The van der Waals surface area contributed by atoms with Gasteiger partial charge in [0.2, 0.25) is 0 Å². The van der Waals surface area contributed by atoms with Gasteiger partial charge in [0.25, 0.3) is 5.91 Å². The number of aryl methyl sites for hydroxylation is 1. The summed E-state index contributed by atoms with van der Waals surface area (Å²) in [6.07, 6.45) is 0. The molecule has 23 heavy (non-hydrogen) atoms. The number of amides is 1. The molecule has 0 saturated carbocycles. The molecule has 0 saturated heterocycles. The van der Waals surface area contributed by atoms with E-state index >= 15 is 0 Å². The van der Waals surface area contributed by atoms with Gasteiger partial charge in [0.15, 0.2) is 5.82 Å². The van der Waals surface area contributed by atoms with Gasteiger partial charge in [0.1, 0.15) is 11.6 Å². The fraction of sp³-hybridized carbons (Fsp3) is 0.471. The van der Waals surface area contributed by atoms with Gasteiger partial charge in [-0.05, 0) is 37.6 Å². The lowest BCUT2D eigenvalue weighted by Crippen LogP contribution is -2.41. The molecule has 3 rings (SSSR count). The van der Waals surface area contributed by atoms with Crippen LogP contribution in [0, 0.1) is 12.7 Å². The number of carbonyl (C=O) groups excluding carboxylic acids is 1. The van der Waals surface area contributed by atoms with Crippen LogP contribution >= 0.6 is 0 Å². The zero-order chi connectivity index (χ0) is 16.7. The topological polar surface area (TPSA) is 51.0 Å². The van der Waals surface area contributed by atoms with Gasteiger partial charge in [-0.3, -0.25) is 4.79 Å². The number of benzene rings is 1. The molecule has 0 N–H and O–H groups in total. The predicted octanol–water partition coefficient (Wildman–Crippen LogP) is 3.07. The van der Waals surface area contributed by atoms with Crippen LogP contribution in [0.2, 0.25) is 0 Å². The van der Waals surface area contributed by atoms with E-state index in [1.807, 2.05) is 0 Å². The minimum absolute atomic E-state index is 0.102. The van der Waals surface area contributed by atoms with Crippen LogP contribution in [0.5, 0.6) is 0 Å². The zero-order valence-electron chi connectivity index (χ0n) is 13.9. The zero-order valence-corrected chi connectivity index (χ0v) is 13.9. The fourth-order valence-corrected chi connectivity index (χ4v) is 3.15. The maximum absolute atomic E-state index is 13.6. The smallest absolute Gasteiger partial charge is 0.254 e. The molecule has 1 aliphatic rings. The van der Waals surface area contributed by atoms with Crippen LogP contribution in [0.3, 0.4) is 0 Å². The average molecular weight is 316 g/mol. The lowest BCUT2D eigenvalue weighted by Gasteiger charge is -2.33. The second-order valence-corrected chi connectivity index (χ2v) is 6.55. The van der Waals surface area contributed by atoms with E-state index in [-0.39, 0.29) is 23.7 Å². The highest BCUT2D eigenvalue weighted by Crippen LogP contribution is 2.26. The Labute approximate surface area is 135 Å². The summed E-state index contributed by atoms with van der Waals surface area (Å²) in [5.74, 6) is 1.46. The molecule has 0 aliphatic carbocycles. The van der Waals surface area contributed by atoms with Gasteiger partial charge in [-0.15, -0.1) is 10.2 Å². The predicted molar refractivity (Wildman–Crippen MR) is 84.7 cm³/mol. The number of carbonyl (C=O) groups is 1. The minimum Gasteiger partial charge on any atom is -0.329 e. The van der Waals surface area contributed by atoms with Crippen molar-refractivity contribution < 1.29 is 9.18 Å². The van der Waals surface area contributed by atoms with Gasteiger partial charge >= 0.3 is 0 Å². The standard InChI is InChI=1S/C17H21FN4O/c1-10(2)16-20-19-15-9-21(8-12(4)22(15)16)17(23)13-5-11(3)6-14(18)7-13/h5-7,10,12H,8-9H2,1-4H3/t12-/m0/s1. The Hall–Kier alpha value is -2.24. The minimum atomic E-state index is -0.385. The number of aromatic nitrogens is 3. The van der Waals surface area contributed by atoms with Crippen molar-refractivity contribution in [3.05, 3.63) is 46.8 Å². The van der Waals surface area contributed by atoms with Crippen LogP contribution in [0.4, 0.5) is 4.39 Å². The second-order valence-electron chi connectivity index (χ2n) is 6.55. The largest absolute Gasteiger partial charge is 0.329 e. The van der Waals surface area contributed by atoms with E-state index in [0.29, 0.717) is 18.7 Å². The summed E-state index contributed by atoms with van der Waals surface area (Å²) in [5.41, 5.74) is 1.12. The first-order valence-electron chi connectivity index (χ1n) is 7.87. The Morgan fingerprint density at radius 1 is 1.30 bits per heavy atom. The number of halogens is 1. The van der Waals surface area contributed by atoms with Crippen molar-refractivity contribution >= 4 is 5.91 Å². The van der Waals surface area contributed by atoms with E-state index in [2.05, 4.69) is 35.5 Å². The number of hydrogen-bond acceptors (Lipinski definition) is 3. The third kappa shape index (κ3) is 2.85. The van der Waals surface area contributed by atoms with Crippen LogP contribution in [0.15, 0.2) is 18.2 Å². The lowest BCUT2D eigenvalue weighted by molar-refractivity contribution is 0.0678. The molecule has 2 heterocycles. The number of rotatable bonds is 2. The summed E-state index contributed by atoms with van der Waals surface area (Å²) in [6.45, 7) is 8.96.